The van der Waals surface area contributed by atoms with Crippen molar-refractivity contribution >= 4 is 12.0 Å². The maximum absolute atomic E-state index is 11.6. The van der Waals surface area contributed by atoms with Crippen LogP contribution in [0, 0.1) is 5.41 Å². The summed E-state index contributed by atoms with van der Waals surface area (Å²) in [5.41, 5.74) is -0.918. The molecular formula is C13H24N2O4. The smallest absolute Gasteiger partial charge is 0.314 e. The lowest BCUT2D eigenvalue weighted by atomic mass is 9.88. The lowest BCUT2D eigenvalue weighted by Crippen LogP contribution is -2.46. The van der Waals surface area contributed by atoms with E-state index in [-0.39, 0.29) is 18.7 Å². The molecule has 1 aliphatic heterocycles. The van der Waals surface area contributed by atoms with Crippen LogP contribution in [-0.2, 0) is 9.53 Å². The first-order chi connectivity index (χ1) is 8.98. The van der Waals surface area contributed by atoms with Gasteiger partial charge in [-0.2, -0.15) is 0 Å². The SMILES string of the molecule is CCC(C)(CNC(=O)NCC1CCCCO1)C(=O)O. The molecule has 0 saturated carbocycles. The number of carbonyl (C=O) groups excluding carboxylic acids is 1. The molecular weight excluding hydrogens is 248 g/mol. The van der Waals surface area contributed by atoms with Gasteiger partial charge in [0.15, 0.2) is 0 Å². The van der Waals surface area contributed by atoms with E-state index >= 15 is 0 Å². The molecule has 1 rings (SSSR count). The van der Waals surface area contributed by atoms with E-state index in [0.717, 1.165) is 25.9 Å². The monoisotopic (exact) mass is 272 g/mol. The number of rotatable bonds is 6. The Kier molecular flexibility index (Phi) is 6.08. The second-order valence-corrected chi connectivity index (χ2v) is 5.27. The third-order valence-electron chi connectivity index (χ3n) is 3.70. The Morgan fingerprint density at radius 2 is 2.11 bits per heavy atom. The van der Waals surface area contributed by atoms with Crippen LogP contribution in [0.2, 0.25) is 0 Å². The fraction of sp³-hybridized carbons (Fsp3) is 0.846. The first-order valence-electron chi connectivity index (χ1n) is 6.84. The molecule has 0 aromatic rings. The summed E-state index contributed by atoms with van der Waals surface area (Å²) in [7, 11) is 0. The quantitative estimate of drug-likeness (QED) is 0.681. The number of aliphatic carboxylic acids is 1. The number of hydrogen-bond acceptors (Lipinski definition) is 3. The van der Waals surface area contributed by atoms with Gasteiger partial charge in [-0.05, 0) is 32.6 Å². The molecule has 19 heavy (non-hydrogen) atoms. The first-order valence-corrected chi connectivity index (χ1v) is 6.84. The summed E-state index contributed by atoms with van der Waals surface area (Å²) >= 11 is 0. The van der Waals surface area contributed by atoms with Gasteiger partial charge in [0.05, 0.1) is 11.5 Å². The molecule has 1 heterocycles. The third-order valence-corrected chi connectivity index (χ3v) is 3.70. The molecule has 6 heteroatoms. The van der Waals surface area contributed by atoms with Gasteiger partial charge in [0.25, 0.3) is 0 Å². The fourth-order valence-corrected chi connectivity index (χ4v) is 1.86. The van der Waals surface area contributed by atoms with Gasteiger partial charge in [0.1, 0.15) is 0 Å². The summed E-state index contributed by atoms with van der Waals surface area (Å²) < 4.78 is 5.50. The summed E-state index contributed by atoms with van der Waals surface area (Å²) in [4.78, 5) is 22.7. The van der Waals surface area contributed by atoms with Crippen molar-refractivity contribution < 1.29 is 19.4 Å². The average Bonchev–Trinajstić information content (AvgIpc) is 2.43. The van der Waals surface area contributed by atoms with Gasteiger partial charge in [-0.25, -0.2) is 4.79 Å². The Balaban J connectivity index is 2.25. The molecule has 0 radical (unpaired) electrons. The minimum atomic E-state index is -0.918. The number of carboxylic acid groups (broad SMARTS) is 1. The van der Waals surface area contributed by atoms with Crippen LogP contribution in [0.15, 0.2) is 0 Å². The van der Waals surface area contributed by atoms with E-state index in [1.807, 2.05) is 0 Å². The van der Waals surface area contributed by atoms with E-state index in [2.05, 4.69) is 10.6 Å². The average molecular weight is 272 g/mol. The minimum absolute atomic E-state index is 0.0801. The Labute approximate surface area is 113 Å². The van der Waals surface area contributed by atoms with Crippen molar-refractivity contribution in [1.82, 2.24) is 10.6 Å². The zero-order chi connectivity index (χ0) is 14.3. The molecule has 1 aliphatic rings. The van der Waals surface area contributed by atoms with Gasteiger partial charge in [-0.15, -0.1) is 0 Å². The second-order valence-electron chi connectivity index (χ2n) is 5.27. The lowest BCUT2D eigenvalue weighted by molar-refractivity contribution is -0.147. The van der Waals surface area contributed by atoms with E-state index in [4.69, 9.17) is 9.84 Å². The first kappa shape index (κ1) is 15.8. The van der Waals surface area contributed by atoms with E-state index in [9.17, 15) is 9.59 Å². The van der Waals surface area contributed by atoms with Crippen LogP contribution in [0.5, 0.6) is 0 Å². The highest BCUT2D eigenvalue weighted by atomic mass is 16.5. The topological polar surface area (TPSA) is 87.7 Å². The number of hydrogen-bond donors (Lipinski definition) is 3. The number of carbonyl (C=O) groups is 2. The van der Waals surface area contributed by atoms with Crippen LogP contribution in [0.1, 0.15) is 39.5 Å². The second kappa shape index (κ2) is 7.33. The molecule has 0 bridgehead atoms. The highest BCUT2D eigenvalue weighted by Crippen LogP contribution is 2.19. The lowest BCUT2D eigenvalue weighted by Gasteiger charge is -2.25. The zero-order valence-electron chi connectivity index (χ0n) is 11.7. The summed E-state index contributed by atoms with van der Waals surface area (Å²) in [6, 6.07) is -0.338. The van der Waals surface area contributed by atoms with Gasteiger partial charge in [0, 0.05) is 19.7 Å². The molecule has 0 aromatic heterocycles. The highest BCUT2D eigenvalue weighted by Gasteiger charge is 2.31. The molecule has 3 N–H and O–H groups in total. The van der Waals surface area contributed by atoms with Crippen LogP contribution < -0.4 is 10.6 Å². The predicted molar refractivity (Wildman–Crippen MR) is 71.0 cm³/mol. The van der Waals surface area contributed by atoms with E-state index in [0.29, 0.717) is 13.0 Å². The minimum Gasteiger partial charge on any atom is -0.481 e. The molecule has 110 valence electrons. The van der Waals surface area contributed by atoms with Gasteiger partial charge in [-0.3, -0.25) is 4.79 Å². The van der Waals surface area contributed by atoms with Crippen molar-refractivity contribution in [2.75, 3.05) is 19.7 Å². The van der Waals surface area contributed by atoms with E-state index in [1.54, 1.807) is 13.8 Å². The molecule has 1 fully saturated rings. The summed E-state index contributed by atoms with van der Waals surface area (Å²) in [6.45, 7) is 4.77. The zero-order valence-corrected chi connectivity index (χ0v) is 11.7. The maximum Gasteiger partial charge on any atom is 0.314 e. The van der Waals surface area contributed by atoms with E-state index in [1.165, 1.54) is 0 Å². The number of amides is 2. The van der Waals surface area contributed by atoms with Crippen molar-refractivity contribution in [3.05, 3.63) is 0 Å². The summed E-state index contributed by atoms with van der Waals surface area (Å²) in [5.74, 6) is -0.897. The van der Waals surface area contributed by atoms with Crippen molar-refractivity contribution in [2.45, 2.75) is 45.6 Å². The normalized spacial score (nSPS) is 22.3. The Morgan fingerprint density at radius 3 is 2.63 bits per heavy atom. The number of urea groups is 1. The molecule has 0 spiro atoms. The van der Waals surface area contributed by atoms with Gasteiger partial charge in [0.2, 0.25) is 0 Å². The maximum atomic E-state index is 11.6. The number of nitrogens with one attached hydrogen (secondary N) is 2. The van der Waals surface area contributed by atoms with Gasteiger partial charge in [-0.1, -0.05) is 6.92 Å². The van der Waals surface area contributed by atoms with Gasteiger partial charge < -0.3 is 20.5 Å². The number of ether oxygens (including phenoxy) is 1. The molecule has 6 nitrogen and oxygen atoms in total. The summed E-state index contributed by atoms with van der Waals surface area (Å²) in [6.07, 6.45) is 3.71. The molecule has 0 aliphatic carbocycles. The molecule has 2 amide bonds. The Morgan fingerprint density at radius 1 is 1.37 bits per heavy atom. The standard InChI is InChI=1S/C13H24N2O4/c1-3-13(2,11(16)17)9-15-12(18)14-8-10-6-4-5-7-19-10/h10H,3-9H2,1-2H3,(H,16,17)(H2,14,15,18). The molecule has 1 saturated heterocycles. The molecule has 0 aromatic carbocycles. The van der Waals surface area contributed by atoms with Crippen molar-refractivity contribution in [2.24, 2.45) is 5.41 Å². The summed E-state index contributed by atoms with van der Waals surface area (Å²) in [5, 5.41) is 14.4. The van der Waals surface area contributed by atoms with Crippen LogP contribution in [0.3, 0.4) is 0 Å². The van der Waals surface area contributed by atoms with Gasteiger partial charge >= 0.3 is 12.0 Å². The van der Waals surface area contributed by atoms with Crippen LogP contribution in [0.25, 0.3) is 0 Å². The van der Waals surface area contributed by atoms with Crippen molar-refractivity contribution in [3.8, 4) is 0 Å². The third kappa shape index (κ3) is 5.06. The molecule has 2 unspecified atom stereocenters. The van der Waals surface area contributed by atoms with Crippen LogP contribution in [-0.4, -0.2) is 42.9 Å². The highest BCUT2D eigenvalue weighted by molar-refractivity contribution is 5.77. The predicted octanol–water partition coefficient (Wildman–Crippen LogP) is 1.36. The number of carboxylic acids is 1. The van der Waals surface area contributed by atoms with Crippen molar-refractivity contribution in [3.63, 3.8) is 0 Å². The van der Waals surface area contributed by atoms with Crippen LogP contribution >= 0.6 is 0 Å². The van der Waals surface area contributed by atoms with Crippen LogP contribution in [0.4, 0.5) is 4.79 Å². The van der Waals surface area contributed by atoms with E-state index < -0.39 is 11.4 Å². The van der Waals surface area contributed by atoms with Crippen molar-refractivity contribution in [1.29, 1.82) is 0 Å². The fourth-order valence-electron chi connectivity index (χ4n) is 1.86. The molecule has 2 atom stereocenters. The largest absolute Gasteiger partial charge is 0.481 e. The Bertz CT molecular complexity index is 316. The Hall–Kier alpha value is -1.30.